The molecule has 4 N–H and O–H groups in total. The second kappa shape index (κ2) is 7.87. The smallest absolute Gasteiger partial charge is 0.354 e. The number of benzene rings is 1. The van der Waals surface area contributed by atoms with Crippen molar-refractivity contribution in [3.8, 4) is 0 Å². The van der Waals surface area contributed by atoms with E-state index in [0.29, 0.717) is 31.7 Å². The lowest BCUT2D eigenvalue weighted by Crippen LogP contribution is -2.29. The fourth-order valence-corrected chi connectivity index (χ4v) is 5.24. The molecule has 1 saturated carbocycles. The number of aromatic nitrogens is 2. The number of nitrogens with zero attached hydrogens (tertiary/aromatic N) is 3. The van der Waals surface area contributed by atoms with Crippen LogP contribution in [0.4, 0.5) is 0 Å². The van der Waals surface area contributed by atoms with Gasteiger partial charge in [-0.2, -0.15) is 5.10 Å². The fraction of sp³-hybridized carbons (Fsp3) is 0.524. The summed E-state index contributed by atoms with van der Waals surface area (Å²) in [7, 11) is 1.99. The summed E-state index contributed by atoms with van der Waals surface area (Å²) in [6, 6.07) is 10.3. The van der Waals surface area contributed by atoms with Crippen molar-refractivity contribution in [2.45, 2.75) is 18.6 Å². The summed E-state index contributed by atoms with van der Waals surface area (Å²) >= 11 is 0. The summed E-state index contributed by atoms with van der Waals surface area (Å²) in [5.74, 6) is -0.498. The Kier molecular flexibility index (Phi) is 5.44. The Morgan fingerprint density at radius 1 is 1.38 bits per heavy atom. The number of aromatic amines is 1. The highest BCUT2D eigenvalue weighted by Crippen LogP contribution is 2.69. The highest BCUT2D eigenvalue weighted by atomic mass is 16.4. The Balaban J connectivity index is 1.55. The largest absolute Gasteiger partial charge is 0.477 e. The van der Waals surface area contributed by atoms with Gasteiger partial charge in [0.1, 0.15) is 5.69 Å². The highest BCUT2D eigenvalue weighted by Gasteiger charge is 2.71. The maximum atomic E-state index is 11.4. The first-order valence-corrected chi connectivity index (χ1v) is 9.97. The van der Waals surface area contributed by atoms with E-state index in [1.807, 2.05) is 25.2 Å². The Bertz CT molecular complexity index is 857. The Hall–Kier alpha value is -2.26. The van der Waals surface area contributed by atoms with Crippen LogP contribution in [0.5, 0.6) is 0 Å². The topological polar surface area (TPSA) is 113 Å². The number of carbonyl (C=O) groups is 1. The van der Waals surface area contributed by atoms with Crippen LogP contribution in [-0.4, -0.2) is 87.2 Å². The predicted molar refractivity (Wildman–Crippen MR) is 107 cm³/mol. The molecule has 2 aromatic rings. The van der Waals surface area contributed by atoms with Gasteiger partial charge in [0.05, 0.1) is 18.9 Å². The van der Waals surface area contributed by atoms with Crippen LogP contribution in [0.1, 0.15) is 27.5 Å². The summed E-state index contributed by atoms with van der Waals surface area (Å²) in [4.78, 5) is 15.6. The minimum Gasteiger partial charge on any atom is -0.477 e. The van der Waals surface area contributed by atoms with Crippen LogP contribution in [0, 0.1) is 11.3 Å². The highest BCUT2D eigenvalue weighted by molar-refractivity contribution is 5.86. The van der Waals surface area contributed by atoms with Crippen LogP contribution in [-0.2, 0) is 6.54 Å². The van der Waals surface area contributed by atoms with Gasteiger partial charge in [0.2, 0.25) is 0 Å². The molecule has 8 nitrogen and oxygen atoms in total. The number of likely N-dealkylation sites (tertiary alicyclic amines) is 1. The molecule has 8 heteroatoms. The number of carboxylic acid groups (broad SMARTS) is 1. The van der Waals surface area contributed by atoms with E-state index in [2.05, 4.69) is 32.1 Å². The normalized spacial score (nSPS) is 29.0. The first-order chi connectivity index (χ1) is 14.0. The lowest BCUT2D eigenvalue weighted by molar-refractivity contribution is 0.0688. The van der Waals surface area contributed by atoms with Gasteiger partial charge in [-0.1, -0.05) is 30.3 Å². The number of aliphatic hydroxyl groups is 2. The van der Waals surface area contributed by atoms with Crippen molar-refractivity contribution in [3.63, 3.8) is 0 Å². The molecule has 4 atom stereocenters. The SMILES string of the molecule is CN(CCO)C[C@@H]1[C@@H](c2ccccc2)[C@]12CN(Cc1cn[nH]c1C(=O)O)C[C@H]2O. The Morgan fingerprint density at radius 2 is 2.14 bits per heavy atom. The van der Waals surface area contributed by atoms with Crippen molar-refractivity contribution in [1.82, 2.24) is 20.0 Å². The van der Waals surface area contributed by atoms with Crippen molar-refractivity contribution < 1.29 is 20.1 Å². The molecule has 1 saturated heterocycles. The van der Waals surface area contributed by atoms with Gasteiger partial charge in [-0.05, 0) is 24.4 Å². The van der Waals surface area contributed by atoms with Crippen molar-refractivity contribution in [1.29, 1.82) is 0 Å². The molecule has 1 spiro atoms. The van der Waals surface area contributed by atoms with Crippen molar-refractivity contribution in [2.24, 2.45) is 11.3 Å². The second-order valence-electron chi connectivity index (χ2n) is 8.35. The molecule has 156 valence electrons. The first kappa shape index (κ1) is 20.0. The number of hydrogen-bond donors (Lipinski definition) is 4. The molecule has 2 heterocycles. The minimum absolute atomic E-state index is 0.107. The predicted octanol–water partition coefficient (Wildman–Crippen LogP) is 0.609. The van der Waals surface area contributed by atoms with Gasteiger partial charge in [0.15, 0.2) is 0 Å². The van der Waals surface area contributed by atoms with Crippen molar-refractivity contribution in [3.05, 3.63) is 53.3 Å². The maximum Gasteiger partial charge on any atom is 0.354 e. The zero-order valence-corrected chi connectivity index (χ0v) is 16.5. The second-order valence-corrected chi connectivity index (χ2v) is 8.35. The molecular formula is C21H28N4O4. The summed E-state index contributed by atoms with van der Waals surface area (Å²) in [5.41, 5.74) is 1.71. The third kappa shape index (κ3) is 3.57. The number of carboxylic acids is 1. The Labute approximate surface area is 169 Å². The van der Waals surface area contributed by atoms with Crippen LogP contribution in [0.3, 0.4) is 0 Å². The molecule has 1 aromatic carbocycles. The summed E-state index contributed by atoms with van der Waals surface area (Å²) in [6.07, 6.45) is 1.06. The molecule has 29 heavy (non-hydrogen) atoms. The lowest BCUT2D eigenvalue weighted by Gasteiger charge is -2.19. The molecule has 2 aliphatic rings. The van der Waals surface area contributed by atoms with E-state index in [1.54, 1.807) is 6.20 Å². The molecule has 0 bridgehead atoms. The minimum atomic E-state index is -1.02. The summed E-state index contributed by atoms with van der Waals surface area (Å²) in [5, 5.41) is 36.1. The lowest BCUT2D eigenvalue weighted by atomic mass is 9.95. The van der Waals surface area contributed by atoms with E-state index in [-0.39, 0.29) is 29.6 Å². The van der Waals surface area contributed by atoms with E-state index in [0.717, 1.165) is 6.54 Å². The van der Waals surface area contributed by atoms with Gasteiger partial charge in [0.25, 0.3) is 0 Å². The number of aromatic carboxylic acids is 1. The van der Waals surface area contributed by atoms with Crippen LogP contribution < -0.4 is 0 Å². The van der Waals surface area contributed by atoms with E-state index in [9.17, 15) is 20.1 Å². The van der Waals surface area contributed by atoms with E-state index in [4.69, 9.17) is 0 Å². The zero-order chi connectivity index (χ0) is 20.6. The molecule has 1 aromatic heterocycles. The standard InChI is InChI=1S/C21H28N4O4/c1-24(7-8-26)11-16-18(14-5-3-2-4-6-14)21(16)13-25(12-17(21)27)10-15-9-22-23-19(15)20(28)29/h2-6,9,16-18,26-27H,7-8,10-13H2,1H3,(H,22,23)(H,28,29)/t16-,17-,18-,21-/m1/s1. The summed E-state index contributed by atoms with van der Waals surface area (Å²) < 4.78 is 0. The first-order valence-electron chi connectivity index (χ1n) is 9.97. The molecule has 1 aliphatic heterocycles. The maximum absolute atomic E-state index is 11.4. The van der Waals surface area contributed by atoms with Gasteiger partial charge in [-0.15, -0.1) is 0 Å². The quantitative estimate of drug-likeness (QED) is 0.513. The number of hydrogen-bond acceptors (Lipinski definition) is 6. The molecule has 4 rings (SSSR count). The average Bonchev–Trinajstić information content (AvgIpc) is 2.97. The number of aliphatic hydroxyl groups excluding tert-OH is 2. The van der Waals surface area contributed by atoms with Crippen LogP contribution in [0.15, 0.2) is 36.5 Å². The van der Waals surface area contributed by atoms with Crippen LogP contribution in [0.2, 0.25) is 0 Å². The molecule has 2 fully saturated rings. The van der Waals surface area contributed by atoms with Gasteiger partial charge in [-0.25, -0.2) is 4.79 Å². The summed E-state index contributed by atoms with van der Waals surface area (Å²) in [6.45, 7) is 3.17. The van der Waals surface area contributed by atoms with E-state index >= 15 is 0 Å². The average molecular weight is 400 g/mol. The number of H-pyrrole nitrogens is 1. The number of β-amino-alcohol motifs (C(OH)–C–C–N with tert-alkyl or cyclic N) is 1. The number of nitrogens with one attached hydrogen (secondary N) is 1. The molecule has 0 amide bonds. The fourth-order valence-electron chi connectivity index (χ4n) is 5.24. The van der Waals surface area contributed by atoms with Gasteiger partial charge >= 0.3 is 5.97 Å². The van der Waals surface area contributed by atoms with E-state index < -0.39 is 12.1 Å². The molecular weight excluding hydrogens is 372 g/mol. The van der Waals surface area contributed by atoms with Gasteiger partial charge < -0.3 is 20.2 Å². The monoisotopic (exact) mass is 400 g/mol. The number of rotatable bonds is 8. The molecule has 1 aliphatic carbocycles. The van der Waals surface area contributed by atoms with Gasteiger partial charge in [0, 0.05) is 43.7 Å². The number of likely N-dealkylation sites (N-methyl/N-ethyl adjacent to an activating group) is 1. The molecule has 0 unspecified atom stereocenters. The van der Waals surface area contributed by atoms with Crippen LogP contribution >= 0.6 is 0 Å². The Morgan fingerprint density at radius 3 is 2.83 bits per heavy atom. The van der Waals surface area contributed by atoms with E-state index in [1.165, 1.54) is 5.56 Å². The van der Waals surface area contributed by atoms with Crippen molar-refractivity contribution in [2.75, 3.05) is 39.8 Å². The third-order valence-corrected chi connectivity index (χ3v) is 6.59. The third-order valence-electron chi connectivity index (χ3n) is 6.59. The van der Waals surface area contributed by atoms with Crippen LogP contribution in [0.25, 0.3) is 0 Å². The zero-order valence-electron chi connectivity index (χ0n) is 16.5. The van der Waals surface area contributed by atoms with Gasteiger partial charge in [-0.3, -0.25) is 10.00 Å². The molecule has 0 radical (unpaired) electrons. The van der Waals surface area contributed by atoms with Crippen molar-refractivity contribution >= 4 is 5.97 Å².